The van der Waals surface area contributed by atoms with E-state index in [0.717, 1.165) is 5.56 Å². The lowest BCUT2D eigenvalue weighted by Gasteiger charge is -2.12. The Morgan fingerprint density at radius 3 is 2.64 bits per heavy atom. The molecule has 3 aromatic rings. The van der Waals surface area contributed by atoms with Gasteiger partial charge in [-0.1, -0.05) is 23.4 Å². The van der Waals surface area contributed by atoms with Gasteiger partial charge < -0.3 is 14.0 Å². The number of rotatable bonds is 8. The van der Waals surface area contributed by atoms with Gasteiger partial charge >= 0.3 is 0 Å². The zero-order chi connectivity index (χ0) is 20.1. The number of ether oxygens (including phenoxy) is 2. The predicted octanol–water partition coefficient (Wildman–Crippen LogP) is 2.93. The molecular weight excluding hydrogens is 382 g/mol. The molecule has 0 aliphatic carbocycles. The van der Waals surface area contributed by atoms with Crippen molar-refractivity contribution in [3.8, 4) is 22.9 Å². The minimum absolute atomic E-state index is 0.108. The first kappa shape index (κ1) is 19.8. The zero-order valence-electron chi connectivity index (χ0n) is 15.8. The first-order valence-corrected chi connectivity index (χ1v) is 10.1. The highest BCUT2D eigenvalue weighted by Crippen LogP contribution is 2.28. The van der Waals surface area contributed by atoms with Crippen LogP contribution in [-0.4, -0.2) is 32.3 Å². The van der Waals surface area contributed by atoms with Crippen LogP contribution in [0.3, 0.4) is 0 Å². The zero-order valence-corrected chi connectivity index (χ0v) is 16.6. The van der Waals surface area contributed by atoms with Gasteiger partial charge in [-0.15, -0.1) is 0 Å². The predicted molar refractivity (Wildman–Crippen MR) is 103 cm³/mol. The summed E-state index contributed by atoms with van der Waals surface area (Å²) in [7, 11) is -2.19. The van der Waals surface area contributed by atoms with Gasteiger partial charge in [0.2, 0.25) is 21.7 Å². The smallest absolute Gasteiger partial charge is 0.240 e. The number of sulfonamides is 1. The molecule has 0 saturated carbocycles. The van der Waals surface area contributed by atoms with Crippen molar-refractivity contribution >= 4 is 10.0 Å². The summed E-state index contributed by atoms with van der Waals surface area (Å²) in [4.78, 5) is 4.24. The Balaban J connectivity index is 1.77. The lowest BCUT2D eigenvalue weighted by atomic mass is 10.2. The molecule has 3 rings (SSSR count). The van der Waals surface area contributed by atoms with Gasteiger partial charge in [0.05, 0.1) is 18.6 Å². The van der Waals surface area contributed by atoms with E-state index in [9.17, 15) is 8.42 Å². The van der Waals surface area contributed by atoms with Gasteiger partial charge in [-0.05, 0) is 36.8 Å². The van der Waals surface area contributed by atoms with E-state index in [1.807, 2.05) is 6.92 Å². The van der Waals surface area contributed by atoms with Crippen LogP contribution in [0.2, 0.25) is 0 Å². The highest BCUT2D eigenvalue weighted by atomic mass is 32.2. The molecule has 9 heteroatoms. The van der Waals surface area contributed by atoms with Crippen molar-refractivity contribution in [3.63, 3.8) is 0 Å². The van der Waals surface area contributed by atoms with E-state index in [0.29, 0.717) is 35.4 Å². The van der Waals surface area contributed by atoms with Crippen LogP contribution >= 0.6 is 0 Å². The van der Waals surface area contributed by atoms with Crippen LogP contribution in [0.5, 0.6) is 11.5 Å². The Bertz CT molecular complexity index is 1060. The molecule has 1 N–H and O–H groups in total. The summed E-state index contributed by atoms with van der Waals surface area (Å²) >= 11 is 0. The Kier molecular flexibility index (Phi) is 5.96. The molecule has 0 saturated heterocycles. The first-order chi connectivity index (χ1) is 13.4. The fraction of sp³-hybridized carbons (Fsp3) is 0.263. The molecule has 28 heavy (non-hydrogen) atoms. The number of benzene rings is 2. The van der Waals surface area contributed by atoms with E-state index in [2.05, 4.69) is 14.9 Å². The highest BCUT2D eigenvalue weighted by molar-refractivity contribution is 7.89. The van der Waals surface area contributed by atoms with Gasteiger partial charge in [0.1, 0.15) is 0 Å². The Hall–Kier alpha value is -2.91. The SMILES string of the molecule is CCOc1ccc(CNS(=O)(=O)c2cccc(-c3noc(C)n3)c2)cc1OC. The maximum absolute atomic E-state index is 12.7. The monoisotopic (exact) mass is 403 g/mol. The molecule has 1 aromatic heterocycles. The minimum atomic E-state index is -3.73. The molecule has 0 atom stereocenters. The summed E-state index contributed by atoms with van der Waals surface area (Å²) in [5.74, 6) is 1.91. The van der Waals surface area contributed by atoms with Crippen molar-refractivity contribution in [3.05, 3.63) is 53.9 Å². The number of methoxy groups -OCH3 is 1. The van der Waals surface area contributed by atoms with Crippen LogP contribution in [0.15, 0.2) is 51.9 Å². The molecule has 0 unspecified atom stereocenters. The van der Waals surface area contributed by atoms with Crippen LogP contribution in [-0.2, 0) is 16.6 Å². The van der Waals surface area contributed by atoms with Crippen LogP contribution in [0.1, 0.15) is 18.4 Å². The summed E-state index contributed by atoms with van der Waals surface area (Å²) in [6.07, 6.45) is 0. The number of hydrogen-bond acceptors (Lipinski definition) is 7. The van der Waals surface area contributed by atoms with Crippen LogP contribution in [0, 0.1) is 6.92 Å². The topological polar surface area (TPSA) is 104 Å². The third-order valence-electron chi connectivity index (χ3n) is 3.92. The van der Waals surface area contributed by atoms with Gasteiger partial charge in [-0.2, -0.15) is 4.98 Å². The summed E-state index contributed by atoms with van der Waals surface area (Å²) in [6, 6.07) is 11.7. The van der Waals surface area contributed by atoms with Gasteiger partial charge in [-0.3, -0.25) is 0 Å². The van der Waals surface area contributed by atoms with Crippen molar-refractivity contribution in [2.45, 2.75) is 25.3 Å². The maximum atomic E-state index is 12.7. The average molecular weight is 403 g/mol. The molecule has 1 heterocycles. The van der Waals surface area contributed by atoms with E-state index in [1.54, 1.807) is 37.3 Å². The van der Waals surface area contributed by atoms with Gasteiger partial charge in [0.15, 0.2) is 11.5 Å². The van der Waals surface area contributed by atoms with Crippen LogP contribution < -0.4 is 14.2 Å². The van der Waals surface area contributed by atoms with Crippen LogP contribution in [0.4, 0.5) is 0 Å². The summed E-state index contributed by atoms with van der Waals surface area (Å²) in [6.45, 7) is 4.17. The fourth-order valence-corrected chi connectivity index (χ4v) is 3.64. The van der Waals surface area contributed by atoms with Crippen molar-refractivity contribution < 1.29 is 22.4 Å². The Morgan fingerprint density at radius 1 is 1.14 bits per heavy atom. The molecule has 0 spiro atoms. The van der Waals surface area contributed by atoms with E-state index in [1.165, 1.54) is 19.2 Å². The number of nitrogens with zero attached hydrogens (tertiary/aromatic N) is 2. The molecule has 0 bridgehead atoms. The van der Waals surface area contributed by atoms with E-state index in [4.69, 9.17) is 14.0 Å². The maximum Gasteiger partial charge on any atom is 0.240 e. The third-order valence-corrected chi connectivity index (χ3v) is 5.32. The van der Waals surface area contributed by atoms with E-state index < -0.39 is 10.0 Å². The minimum Gasteiger partial charge on any atom is -0.493 e. The summed E-state index contributed by atoms with van der Waals surface area (Å²) < 4.78 is 43.7. The summed E-state index contributed by atoms with van der Waals surface area (Å²) in [5, 5.41) is 3.82. The number of aromatic nitrogens is 2. The molecule has 0 aliphatic heterocycles. The fourth-order valence-electron chi connectivity index (χ4n) is 2.58. The first-order valence-electron chi connectivity index (χ1n) is 8.63. The van der Waals surface area contributed by atoms with Gasteiger partial charge in [-0.25, -0.2) is 13.1 Å². The van der Waals surface area contributed by atoms with Crippen LogP contribution in [0.25, 0.3) is 11.4 Å². The molecule has 0 radical (unpaired) electrons. The number of aryl methyl sites for hydroxylation is 1. The lowest BCUT2D eigenvalue weighted by Crippen LogP contribution is -2.23. The van der Waals surface area contributed by atoms with E-state index in [-0.39, 0.29) is 11.4 Å². The Morgan fingerprint density at radius 2 is 1.96 bits per heavy atom. The second kappa shape index (κ2) is 8.41. The lowest BCUT2D eigenvalue weighted by molar-refractivity contribution is 0.310. The normalized spacial score (nSPS) is 11.4. The number of nitrogens with one attached hydrogen (secondary N) is 1. The molecule has 8 nitrogen and oxygen atoms in total. The van der Waals surface area contributed by atoms with Crippen molar-refractivity contribution in [2.24, 2.45) is 0 Å². The molecule has 0 aliphatic rings. The molecule has 2 aromatic carbocycles. The second-order valence-corrected chi connectivity index (χ2v) is 7.67. The van der Waals surface area contributed by atoms with Crippen molar-refractivity contribution in [1.82, 2.24) is 14.9 Å². The average Bonchev–Trinajstić information content (AvgIpc) is 3.14. The molecule has 0 amide bonds. The Labute approximate surface area is 163 Å². The largest absolute Gasteiger partial charge is 0.493 e. The van der Waals surface area contributed by atoms with E-state index >= 15 is 0 Å². The highest BCUT2D eigenvalue weighted by Gasteiger charge is 2.16. The van der Waals surface area contributed by atoms with Crippen molar-refractivity contribution in [2.75, 3.05) is 13.7 Å². The third kappa shape index (κ3) is 4.49. The van der Waals surface area contributed by atoms with Crippen molar-refractivity contribution in [1.29, 1.82) is 0 Å². The molecular formula is C19H21N3O5S. The summed E-state index contributed by atoms with van der Waals surface area (Å²) in [5.41, 5.74) is 1.30. The van der Waals surface area contributed by atoms with Gasteiger partial charge in [0.25, 0.3) is 0 Å². The quantitative estimate of drug-likeness (QED) is 0.617. The molecule has 0 fully saturated rings. The second-order valence-electron chi connectivity index (χ2n) is 5.91. The number of hydrogen-bond donors (Lipinski definition) is 1. The van der Waals surface area contributed by atoms with Gasteiger partial charge in [0, 0.05) is 19.0 Å². The standard InChI is InChI=1S/C19H21N3O5S/c1-4-26-17-9-8-14(10-18(17)25-3)12-20-28(23,24)16-7-5-6-15(11-16)19-21-13(2)27-22-19/h5-11,20H,4,12H2,1-3H3. The molecule has 148 valence electrons.